The summed E-state index contributed by atoms with van der Waals surface area (Å²) in [5.41, 5.74) is 1.50. The molecule has 0 saturated carbocycles. The summed E-state index contributed by atoms with van der Waals surface area (Å²) in [5.74, 6) is -1.65. The molecule has 0 radical (unpaired) electrons. The zero-order valence-corrected chi connectivity index (χ0v) is 15.1. The summed E-state index contributed by atoms with van der Waals surface area (Å²) in [6.07, 6.45) is 0.631. The number of carboxylic acids is 1. The normalized spacial score (nSPS) is 16.8. The van der Waals surface area contributed by atoms with Crippen molar-refractivity contribution in [1.29, 1.82) is 0 Å². The maximum Gasteiger partial charge on any atom is 0.326 e. The Labute approximate surface area is 151 Å². The first kappa shape index (κ1) is 19.1. The van der Waals surface area contributed by atoms with Gasteiger partial charge in [-0.1, -0.05) is 50.6 Å². The number of amides is 2. The highest BCUT2D eigenvalue weighted by Crippen LogP contribution is 2.27. The zero-order chi connectivity index (χ0) is 18.4. The first-order valence-corrected chi connectivity index (χ1v) is 9.18. The molecule has 0 aliphatic carbocycles. The maximum absolute atomic E-state index is 12.4. The molecule has 2 N–H and O–H groups in total. The molecular weight excluding hydrogens is 340 g/mol. The van der Waals surface area contributed by atoms with Crippen molar-refractivity contribution < 1.29 is 19.5 Å². The number of carboxylic acid groups (broad SMARTS) is 1. The van der Waals surface area contributed by atoms with Crippen LogP contribution in [0.15, 0.2) is 35.7 Å². The van der Waals surface area contributed by atoms with Gasteiger partial charge >= 0.3 is 5.97 Å². The number of thioether (sulfide) groups is 1. The summed E-state index contributed by atoms with van der Waals surface area (Å²) in [5, 5.41) is 13.7. The van der Waals surface area contributed by atoms with Crippen LogP contribution in [0.1, 0.15) is 25.8 Å². The average Bonchev–Trinajstić information content (AvgIpc) is 2.61. The largest absolute Gasteiger partial charge is 0.480 e. The maximum atomic E-state index is 12.4. The van der Waals surface area contributed by atoms with E-state index in [1.807, 2.05) is 42.7 Å². The highest BCUT2D eigenvalue weighted by Gasteiger charge is 2.29. The molecule has 1 aromatic carbocycles. The van der Waals surface area contributed by atoms with Crippen LogP contribution in [-0.2, 0) is 14.4 Å². The Hall–Kier alpha value is -2.28. The Morgan fingerprint density at radius 2 is 2.00 bits per heavy atom. The lowest BCUT2D eigenvalue weighted by Gasteiger charge is -2.29. The Bertz CT molecular complexity index is 675. The molecule has 1 aromatic rings. The molecule has 0 aromatic heterocycles. The van der Waals surface area contributed by atoms with Gasteiger partial charge in [-0.2, -0.15) is 0 Å². The highest BCUT2D eigenvalue weighted by atomic mass is 32.2. The van der Waals surface area contributed by atoms with Crippen LogP contribution in [0.3, 0.4) is 0 Å². The summed E-state index contributed by atoms with van der Waals surface area (Å²) in [7, 11) is 0. The van der Waals surface area contributed by atoms with Gasteiger partial charge in [-0.05, 0) is 16.9 Å². The number of rotatable bonds is 7. The second-order valence-corrected chi connectivity index (χ2v) is 6.79. The predicted molar refractivity (Wildman–Crippen MR) is 97.6 cm³/mol. The fourth-order valence-electron chi connectivity index (χ4n) is 2.52. The fraction of sp³-hybridized carbons (Fsp3) is 0.389. The van der Waals surface area contributed by atoms with E-state index in [-0.39, 0.29) is 24.1 Å². The summed E-state index contributed by atoms with van der Waals surface area (Å²) < 4.78 is 0. The predicted octanol–water partition coefficient (Wildman–Crippen LogP) is 2.18. The van der Waals surface area contributed by atoms with E-state index >= 15 is 0 Å². The molecule has 2 unspecified atom stereocenters. The lowest BCUT2D eigenvalue weighted by Crippen LogP contribution is -2.49. The summed E-state index contributed by atoms with van der Waals surface area (Å²) in [4.78, 5) is 37.4. The number of benzene rings is 1. The summed E-state index contributed by atoms with van der Waals surface area (Å²) >= 11 is 1.39. The molecule has 0 bridgehead atoms. The third-order valence-electron chi connectivity index (χ3n) is 4.16. The van der Waals surface area contributed by atoms with Crippen LogP contribution < -0.4 is 5.32 Å². The van der Waals surface area contributed by atoms with Crippen molar-refractivity contribution in [2.45, 2.75) is 26.3 Å². The van der Waals surface area contributed by atoms with E-state index in [1.165, 1.54) is 16.7 Å². The van der Waals surface area contributed by atoms with Crippen LogP contribution in [0.2, 0.25) is 0 Å². The van der Waals surface area contributed by atoms with Crippen LogP contribution in [0, 0.1) is 5.92 Å². The lowest BCUT2D eigenvalue weighted by atomic mass is 9.99. The Morgan fingerprint density at radius 1 is 1.32 bits per heavy atom. The molecule has 1 aliphatic rings. The van der Waals surface area contributed by atoms with Crippen molar-refractivity contribution in [3.8, 4) is 0 Å². The van der Waals surface area contributed by atoms with Crippen molar-refractivity contribution in [3.63, 3.8) is 0 Å². The van der Waals surface area contributed by atoms with Crippen LogP contribution in [0.5, 0.6) is 0 Å². The van der Waals surface area contributed by atoms with Gasteiger partial charge in [0.05, 0.1) is 11.4 Å². The monoisotopic (exact) mass is 362 g/mol. The molecule has 1 heterocycles. The number of nitrogens with zero attached hydrogens (tertiary/aromatic N) is 1. The number of carbonyl (C=O) groups excluding carboxylic acids is 2. The summed E-state index contributed by atoms with van der Waals surface area (Å²) in [6.45, 7) is 3.45. The van der Waals surface area contributed by atoms with E-state index in [0.717, 1.165) is 5.56 Å². The Kier molecular flexibility index (Phi) is 6.64. The van der Waals surface area contributed by atoms with E-state index in [4.69, 9.17) is 0 Å². The molecule has 1 aliphatic heterocycles. The van der Waals surface area contributed by atoms with Crippen molar-refractivity contribution in [3.05, 3.63) is 41.3 Å². The number of aliphatic carboxylic acids is 1. The van der Waals surface area contributed by atoms with Gasteiger partial charge in [0.2, 0.25) is 11.8 Å². The van der Waals surface area contributed by atoms with Crippen LogP contribution >= 0.6 is 11.8 Å². The van der Waals surface area contributed by atoms with E-state index in [9.17, 15) is 19.5 Å². The van der Waals surface area contributed by atoms with Crippen molar-refractivity contribution in [1.82, 2.24) is 10.2 Å². The Balaban J connectivity index is 2.14. The van der Waals surface area contributed by atoms with E-state index < -0.39 is 17.9 Å². The number of carbonyl (C=O) groups is 3. The quantitative estimate of drug-likeness (QED) is 0.776. The lowest BCUT2D eigenvalue weighted by molar-refractivity contribution is -0.143. The molecule has 6 nitrogen and oxygen atoms in total. The van der Waals surface area contributed by atoms with E-state index in [2.05, 4.69) is 5.32 Å². The second kappa shape index (κ2) is 8.71. The van der Waals surface area contributed by atoms with Crippen LogP contribution in [-0.4, -0.2) is 46.1 Å². The van der Waals surface area contributed by atoms with Crippen molar-refractivity contribution >= 4 is 35.2 Å². The van der Waals surface area contributed by atoms with Gasteiger partial charge in [-0.25, -0.2) is 4.79 Å². The average molecular weight is 362 g/mol. The minimum atomic E-state index is -1.07. The molecule has 0 saturated heterocycles. The third kappa shape index (κ3) is 4.85. The van der Waals surface area contributed by atoms with E-state index in [0.29, 0.717) is 12.1 Å². The van der Waals surface area contributed by atoms with Crippen molar-refractivity contribution in [2.24, 2.45) is 5.92 Å². The van der Waals surface area contributed by atoms with Gasteiger partial charge in [0.25, 0.3) is 0 Å². The SMILES string of the molecule is CCC(C)C(NC(=O)CN1C(=O)CSC=C1c1ccccc1)C(=O)O. The molecule has 134 valence electrons. The molecule has 2 rings (SSSR count). The van der Waals surface area contributed by atoms with Gasteiger partial charge in [-0.3, -0.25) is 9.59 Å². The minimum Gasteiger partial charge on any atom is -0.480 e. The molecule has 2 atom stereocenters. The van der Waals surface area contributed by atoms with Gasteiger partial charge in [0, 0.05) is 0 Å². The van der Waals surface area contributed by atoms with Gasteiger partial charge in [0.15, 0.2) is 0 Å². The fourth-order valence-corrected chi connectivity index (χ4v) is 3.32. The smallest absolute Gasteiger partial charge is 0.326 e. The highest BCUT2D eigenvalue weighted by molar-refractivity contribution is 8.03. The zero-order valence-electron chi connectivity index (χ0n) is 14.3. The Morgan fingerprint density at radius 3 is 2.60 bits per heavy atom. The van der Waals surface area contributed by atoms with E-state index in [1.54, 1.807) is 6.92 Å². The third-order valence-corrected chi connectivity index (χ3v) is 4.96. The summed E-state index contributed by atoms with van der Waals surface area (Å²) in [6, 6.07) is 8.38. The van der Waals surface area contributed by atoms with Crippen LogP contribution in [0.4, 0.5) is 0 Å². The van der Waals surface area contributed by atoms with Gasteiger partial charge in [-0.15, -0.1) is 11.8 Å². The molecular formula is C18H22N2O4S. The molecule has 25 heavy (non-hydrogen) atoms. The number of hydrogen-bond acceptors (Lipinski definition) is 4. The van der Waals surface area contributed by atoms with Crippen LogP contribution in [0.25, 0.3) is 5.70 Å². The topological polar surface area (TPSA) is 86.7 Å². The molecule has 0 fully saturated rings. The first-order valence-electron chi connectivity index (χ1n) is 8.13. The minimum absolute atomic E-state index is 0.170. The first-order chi connectivity index (χ1) is 11.9. The van der Waals surface area contributed by atoms with Gasteiger partial charge < -0.3 is 15.3 Å². The van der Waals surface area contributed by atoms with Crippen molar-refractivity contribution in [2.75, 3.05) is 12.3 Å². The number of hydrogen-bond donors (Lipinski definition) is 2. The second-order valence-electron chi connectivity index (χ2n) is 5.93. The molecule has 2 amide bonds. The number of nitrogens with one attached hydrogen (secondary N) is 1. The molecule has 7 heteroatoms. The standard InChI is InChI=1S/C18H22N2O4S/c1-3-12(2)17(18(23)24)19-15(21)9-20-14(10-25-11-16(20)22)13-7-5-4-6-8-13/h4-8,10,12,17H,3,9,11H2,1-2H3,(H,19,21)(H,23,24). The van der Waals surface area contributed by atoms with Gasteiger partial charge in [0.1, 0.15) is 12.6 Å². The molecule has 0 spiro atoms.